The molecule has 1 heterocycles. The Labute approximate surface area is 121 Å². The highest BCUT2D eigenvalue weighted by Crippen LogP contribution is 2.23. The summed E-state index contributed by atoms with van der Waals surface area (Å²) in [6, 6.07) is 6.20. The van der Waals surface area contributed by atoms with Gasteiger partial charge in [0.25, 0.3) is 0 Å². The molecule has 4 nitrogen and oxygen atoms in total. The van der Waals surface area contributed by atoms with Crippen LogP contribution in [-0.2, 0) is 9.53 Å². The molecule has 110 valence electrons. The van der Waals surface area contributed by atoms with Crippen LogP contribution in [0.25, 0.3) is 0 Å². The summed E-state index contributed by atoms with van der Waals surface area (Å²) >= 11 is 0. The van der Waals surface area contributed by atoms with Gasteiger partial charge in [-0.15, -0.1) is 0 Å². The zero-order valence-electron chi connectivity index (χ0n) is 12.6. The minimum Gasteiger partial charge on any atom is -0.381 e. The van der Waals surface area contributed by atoms with Crippen LogP contribution in [0.1, 0.15) is 25.8 Å². The summed E-state index contributed by atoms with van der Waals surface area (Å²) in [5.41, 5.74) is 3.22. The van der Waals surface area contributed by atoms with Crippen molar-refractivity contribution >= 4 is 17.3 Å². The Hall–Kier alpha value is -1.55. The molecule has 0 aromatic heterocycles. The molecular formula is C16H24N2O2. The number of carbonyl (C=O) groups is 1. The number of nitrogens with one attached hydrogen (secondary N) is 1. The van der Waals surface area contributed by atoms with E-state index in [4.69, 9.17) is 4.74 Å². The number of hydrogen-bond acceptors (Lipinski definition) is 3. The second-order valence-corrected chi connectivity index (χ2v) is 5.33. The molecule has 1 saturated heterocycles. The first kappa shape index (κ1) is 14.9. The molecule has 1 N–H and O–H groups in total. The van der Waals surface area contributed by atoms with Gasteiger partial charge in [-0.3, -0.25) is 4.79 Å². The molecule has 1 aromatic rings. The summed E-state index contributed by atoms with van der Waals surface area (Å²) < 4.78 is 5.09. The third-order valence-corrected chi connectivity index (χ3v) is 3.79. The number of hydrogen-bond donors (Lipinski definition) is 1. The Morgan fingerprint density at radius 3 is 2.55 bits per heavy atom. The number of nitrogens with zero attached hydrogens (tertiary/aromatic N) is 1. The van der Waals surface area contributed by atoms with E-state index in [1.54, 1.807) is 0 Å². The van der Waals surface area contributed by atoms with Crippen molar-refractivity contribution in [3.63, 3.8) is 0 Å². The second-order valence-electron chi connectivity index (χ2n) is 5.33. The molecule has 1 fully saturated rings. The van der Waals surface area contributed by atoms with Crippen LogP contribution >= 0.6 is 0 Å². The molecule has 2 rings (SSSR count). The van der Waals surface area contributed by atoms with E-state index in [1.165, 1.54) is 5.69 Å². The van der Waals surface area contributed by atoms with Gasteiger partial charge in [0.2, 0.25) is 5.91 Å². The number of amides is 1. The molecule has 0 bridgehead atoms. The molecule has 0 saturated carbocycles. The van der Waals surface area contributed by atoms with E-state index in [0.717, 1.165) is 24.3 Å². The number of ether oxygens (including phenoxy) is 1. The molecule has 4 heteroatoms. The average molecular weight is 276 g/mol. The third kappa shape index (κ3) is 3.51. The summed E-state index contributed by atoms with van der Waals surface area (Å²) in [5.74, 6) is 0.474. The fourth-order valence-electron chi connectivity index (χ4n) is 2.44. The maximum absolute atomic E-state index is 11.9. The summed E-state index contributed by atoms with van der Waals surface area (Å²) in [6.45, 7) is 9.74. The summed E-state index contributed by atoms with van der Waals surface area (Å²) in [6.07, 6.45) is 0.553. The van der Waals surface area contributed by atoms with Gasteiger partial charge in [0.05, 0.1) is 13.2 Å². The topological polar surface area (TPSA) is 41.6 Å². The van der Waals surface area contributed by atoms with E-state index in [9.17, 15) is 4.79 Å². The molecule has 0 spiro atoms. The SMILES string of the molecule is CCN(CC)c1ccc(NC(=O)CC2COC2)c(C)c1. The highest BCUT2D eigenvalue weighted by Gasteiger charge is 2.21. The molecule has 1 aliphatic heterocycles. The van der Waals surface area contributed by atoms with Crippen molar-refractivity contribution in [1.82, 2.24) is 0 Å². The Balaban J connectivity index is 1.99. The van der Waals surface area contributed by atoms with Gasteiger partial charge in [-0.05, 0) is 44.5 Å². The highest BCUT2D eigenvalue weighted by atomic mass is 16.5. The second kappa shape index (κ2) is 6.75. The van der Waals surface area contributed by atoms with Gasteiger partial charge in [0.1, 0.15) is 0 Å². The first-order valence-electron chi connectivity index (χ1n) is 7.37. The summed E-state index contributed by atoms with van der Waals surface area (Å²) in [7, 11) is 0. The molecule has 1 amide bonds. The Morgan fingerprint density at radius 2 is 2.05 bits per heavy atom. The van der Waals surface area contributed by atoms with Gasteiger partial charge >= 0.3 is 0 Å². The van der Waals surface area contributed by atoms with Gasteiger partial charge in [0.15, 0.2) is 0 Å². The normalized spacial score (nSPS) is 14.8. The Morgan fingerprint density at radius 1 is 1.35 bits per heavy atom. The van der Waals surface area contributed by atoms with Crippen molar-refractivity contribution in [3.8, 4) is 0 Å². The molecule has 0 atom stereocenters. The lowest BCUT2D eigenvalue weighted by atomic mass is 10.0. The van der Waals surface area contributed by atoms with Gasteiger partial charge < -0.3 is 15.0 Å². The number of benzene rings is 1. The molecular weight excluding hydrogens is 252 g/mol. The van der Waals surface area contributed by atoms with Crippen molar-refractivity contribution in [3.05, 3.63) is 23.8 Å². The molecule has 20 heavy (non-hydrogen) atoms. The van der Waals surface area contributed by atoms with E-state index in [2.05, 4.69) is 36.2 Å². The van der Waals surface area contributed by atoms with Gasteiger partial charge in [-0.2, -0.15) is 0 Å². The lowest BCUT2D eigenvalue weighted by Gasteiger charge is -2.25. The standard InChI is InChI=1S/C16H24N2O2/c1-4-18(5-2)14-6-7-15(12(3)8-14)17-16(19)9-13-10-20-11-13/h6-8,13H,4-5,9-11H2,1-3H3,(H,17,19). The van der Waals surface area contributed by atoms with Crippen LogP contribution in [0, 0.1) is 12.8 Å². The van der Waals surface area contributed by atoms with Crippen LogP contribution < -0.4 is 10.2 Å². The maximum Gasteiger partial charge on any atom is 0.224 e. The number of aryl methyl sites for hydroxylation is 1. The molecule has 0 aliphatic carbocycles. The monoisotopic (exact) mass is 276 g/mol. The van der Waals surface area contributed by atoms with Gasteiger partial charge in [-0.1, -0.05) is 0 Å². The fraction of sp³-hybridized carbons (Fsp3) is 0.562. The fourth-order valence-corrected chi connectivity index (χ4v) is 2.44. The zero-order chi connectivity index (χ0) is 14.5. The van der Waals surface area contributed by atoms with Crippen LogP contribution in [0.15, 0.2) is 18.2 Å². The lowest BCUT2D eigenvalue weighted by molar-refractivity contribution is -0.121. The van der Waals surface area contributed by atoms with Crippen LogP contribution in [0.3, 0.4) is 0 Å². The molecule has 0 radical (unpaired) electrons. The van der Waals surface area contributed by atoms with Crippen molar-refractivity contribution < 1.29 is 9.53 Å². The average Bonchev–Trinajstić information content (AvgIpc) is 2.38. The van der Waals surface area contributed by atoms with E-state index < -0.39 is 0 Å². The Kier molecular flexibility index (Phi) is 5.01. The van der Waals surface area contributed by atoms with E-state index >= 15 is 0 Å². The predicted molar refractivity (Wildman–Crippen MR) is 82.3 cm³/mol. The quantitative estimate of drug-likeness (QED) is 0.868. The van der Waals surface area contributed by atoms with Crippen LogP contribution in [0.4, 0.5) is 11.4 Å². The summed E-state index contributed by atoms with van der Waals surface area (Å²) in [5, 5.41) is 3.00. The van der Waals surface area contributed by atoms with Gasteiger partial charge in [0, 0.05) is 36.8 Å². The molecule has 1 aromatic carbocycles. The van der Waals surface area contributed by atoms with Crippen LogP contribution in [0.5, 0.6) is 0 Å². The van der Waals surface area contributed by atoms with Crippen LogP contribution in [0.2, 0.25) is 0 Å². The van der Waals surface area contributed by atoms with E-state index in [-0.39, 0.29) is 5.91 Å². The van der Waals surface area contributed by atoms with Crippen molar-refractivity contribution in [2.45, 2.75) is 27.2 Å². The number of carbonyl (C=O) groups excluding carboxylic acids is 1. The Bertz CT molecular complexity index is 466. The minimum atomic E-state index is 0.0805. The zero-order valence-corrected chi connectivity index (χ0v) is 12.6. The number of rotatable bonds is 6. The predicted octanol–water partition coefficient (Wildman–Crippen LogP) is 2.82. The van der Waals surface area contributed by atoms with Crippen molar-refractivity contribution in [2.75, 3.05) is 36.5 Å². The number of anilines is 2. The third-order valence-electron chi connectivity index (χ3n) is 3.79. The first-order valence-corrected chi connectivity index (χ1v) is 7.37. The van der Waals surface area contributed by atoms with Crippen molar-refractivity contribution in [1.29, 1.82) is 0 Å². The highest BCUT2D eigenvalue weighted by molar-refractivity contribution is 5.92. The largest absolute Gasteiger partial charge is 0.381 e. The van der Waals surface area contributed by atoms with Gasteiger partial charge in [-0.25, -0.2) is 0 Å². The minimum absolute atomic E-state index is 0.0805. The summed E-state index contributed by atoms with van der Waals surface area (Å²) in [4.78, 5) is 14.2. The lowest BCUT2D eigenvalue weighted by Crippen LogP contribution is -2.31. The molecule has 0 unspecified atom stereocenters. The van der Waals surface area contributed by atoms with Crippen LogP contribution in [-0.4, -0.2) is 32.2 Å². The maximum atomic E-state index is 11.9. The van der Waals surface area contributed by atoms with E-state index in [0.29, 0.717) is 25.6 Å². The van der Waals surface area contributed by atoms with Crippen molar-refractivity contribution in [2.24, 2.45) is 5.92 Å². The molecule has 1 aliphatic rings. The smallest absolute Gasteiger partial charge is 0.224 e. The first-order chi connectivity index (χ1) is 9.63. The van der Waals surface area contributed by atoms with E-state index in [1.807, 2.05) is 13.0 Å².